The highest BCUT2D eigenvalue weighted by atomic mass is 32.2. The van der Waals surface area contributed by atoms with Crippen molar-refractivity contribution in [1.82, 2.24) is 20.2 Å². The molecule has 0 aliphatic rings. The number of aryl methyl sites for hydroxylation is 1. The molecule has 11 heteroatoms. The first kappa shape index (κ1) is 17.9. The number of aromatic nitrogens is 4. The molecular weight excluding hydrogens is 373 g/mol. The van der Waals surface area contributed by atoms with Crippen molar-refractivity contribution in [1.29, 1.82) is 0 Å². The summed E-state index contributed by atoms with van der Waals surface area (Å²) in [6.07, 6.45) is -3.38. The van der Waals surface area contributed by atoms with E-state index in [2.05, 4.69) is 15.5 Å². The minimum atomic E-state index is -4.67. The molecule has 2 aromatic carbocycles. The van der Waals surface area contributed by atoms with Gasteiger partial charge in [-0.15, -0.1) is 5.10 Å². The lowest BCUT2D eigenvalue weighted by Gasteiger charge is -2.13. The number of tetrazole rings is 1. The predicted octanol–water partition coefficient (Wildman–Crippen LogP) is 2.76. The van der Waals surface area contributed by atoms with Crippen molar-refractivity contribution in [3.63, 3.8) is 0 Å². The molecule has 0 unspecified atom stereocenters. The minimum absolute atomic E-state index is 0.0860. The average molecular weight is 384 g/mol. The van der Waals surface area contributed by atoms with E-state index in [0.717, 1.165) is 12.1 Å². The summed E-state index contributed by atoms with van der Waals surface area (Å²) >= 11 is 0. The van der Waals surface area contributed by atoms with Gasteiger partial charge in [0.1, 0.15) is 17.0 Å². The second-order valence-corrected chi connectivity index (χ2v) is 6.81. The van der Waals surface area contributed by atoms with Crippen LogP contribution in [-0.2, 0) is 16.3 Å². The van der Waals surface area contributed by atoms with Crippen LogP contribution < -0.4 is 4.18 Å². The first-order chi connectivity index (χ1) is 12.2. The van der Waals surface area contributed by atoms with Crippen LogP contribution in [0.15, 0.2) is 53.7 Å². The standard InChI is InChI=1S/C15H11F3N4O3S/c1-10-5-6-13(8-14(10)15(16,17)18)26(23,24)25-12-4-2-3-11(7-12)22-9-19-20-21-22/h2-9H,1H3. The molecule has 0 saturated heterocycles. The average Bonchev–Trinajstić information content (AvgIpc) is 3.08. The minimum Gasteiger partial charge on any atom is -0.379 e. The van der Waals surface area contributed by atoms with Gasteiger partial charge in [-0.25, -0.2) is 4.68 Å². The summed E-state index contributed by atoms with van der Waals surface area (Å²) in [7, 11) is -4.46. The largest absolute Gasteiger partial charge is 0.416 e. The number of nitrogens with zero attached hydrogens (tertiary/aromatic N) is 4. The Morgan fingerprint density at radius 2 is 1.88 bits per heavy atom. The van der Waals surface area contributed by atoms with Crippen molar-refractivity contribution in [3.8, 4) is 11.4 Å². The van der Waals surface area contributed by atoms with Crippen LogP contribution in [0.5, 0.6) is 5.75 Å². The van der Waals surface area contributed by atoms with Crippen molar-refractivity contribution in [2.45, 2.75) is 18.0 Å². The number of hydrogen-bond donors (Lipinski definition) is 0. The van der Waals surface area contributed by atoms with Gasteiger partial charge in [-0.3, -0.25) is 0 Å². The molecule has 0 atom stereocenters. The van der Waals surface area contributed by atoms with E-state index in [-0.39, 0.29) is 11.3 Å². The summed E-state index contributed by atoms with van der Waals surface area (Å²) < 4.78 is 69.9. The Morgan fingerprint density at radius 3 is 2.54 bits per heavy atom. The summed E-state index contributed by atoms with van der Waals surface area (Å²) in [5.74, 6) is -0.0906. The zero-order chi connectivity index (χ0) is 18.9. The molecule has 3 aromatic rings. The van der Waals surface area contributed by atoms with Crippen LogP contribution in [0.4, 0.5) is 13.2 Å². The van der Waals surface area contributed by atoms with Crippen LogP contribution in [0.3, 0.4) is 0 Å². The molecule has 0 fully saturated rings. The lowest BCUT2D eigenvalue weighted by molar-refractivity contribution is -0.138. The Bertz CT molecular complexity index is 1030. The van der Waals surface area contributed by atoms with Crippen molar-refractivity contribution < 1.29 is 25.8 Å². The van der Waals surface area contributed by atoms with Gasteiger partial charge < -0.3 is 4.18 Å². The molecule has 0 spiro atoms. The molecule has 1 aromatic heterocycles. The zero-order valence-corrected chi connectivity index (χ0v) is 14.0. The maximum atomic E-state index is 13.0. The zero-order valence-electron chi connectivity index (χ0n) is 13.2. The molecule has 0 bridgehead atoms. The van der Waals surface area contributed by atoms with Crippen molar-refractivity contribution in [2.24, 2.45) is 0 Å². The first-order valence-electron chi connectivity index (χ1n) is 7.12. The van der Waals surface area contributed by atoms with Crippen LogP contribution in [0.2, 0.25) is 0 Å². The highest BCUT2D eigenvalue weighted by Gasteiger charge is 2.34. The van der Waals surface area contributed by atoms with Gasteiger partial charge in [-0.2, -0.15) is 21.6 Å². The van der Waals surface area contributed by atoms with Crippen LogP contribution in [0.1, 0.15) is 11.1 Å². The van der Waals surface area contributed by atoms with E-state index in [0.29, 0.717) is 11.8 Å². The van der Waals surface area contributed by atoms with Gasteiger partial charge >= 0.3 is 16.3 Å². The third-order valence-corrected chi connectivity index (χ3v) is 4.68. The van der Waals surface area contributed by atoms with Gasteiger partial charge in [0, 0.05) is 6.07 Å². The lowest BCUT2D eigenvalue weighted by atomic mass is 10.1. The molecule has 0 radical (unpaired) electrons. The Kier molecular flexibility index (Phi) is 4.40. The van der Waals surface area contributed by atoms with Crippen LogP contribution in [0.25, 0.3) is 5.69 Å². The maximum absolute atomic E-state index is 13.0. The van der Waals surface area contributed by atoms with Crippen LogP contribution in [-0.4, -0.2) is 28.6 Å². The topological polar surface area (TPSA) is 87.0 Å². The van der Waals surface area contributed by atoms with E-state index in [9.17, 15) is 21.6 Å². The fourth-order valence-electron chi connectivity index (χ4n) is 2.19. The molecule has 26 heavy (non-hydrogen) atoms. The van der Waals surface area contributed by atoms with Crippen molar-refractivity contribution in [3.05, 3.63) is 59.9 Å². The van der Waals surface area contributed by atoms with E-state index >= 15 is 0 Å². The quantitative estimate of drug-likeness (QED) is 0.643. The van der Waals surface area contributed by atoms with Gasteiger partial charge in [0.15, 0.2) is 0 Å². The Morgan fingerprint density at radius 1 is 1.12 bits per heavy atom. The number of halogens is 3. The van der Waals surface area contributed by atoms with Crippen LogP contribution >= 0.6 is 0 Å². The fourth-order valence-corrected chi connectivity index (χ4v) is 3.14. The summed E-state index contributed by atoms with van der Waals surface area (Å²) in [5, 5.41) is 10.6. The molecule has 7 nitrogen and oxygen atoms in total. The molecule has 136 valence electrons. The van der Waals surface area contributed by atoms with Gasteiger partial charge in [0.2, 0.25) is 0 Å². The summed E-state index contributed by atoms with van der Waals surface area (Å²) in [5.41, 5.74) is -0.704. The van der Waals surface area contributed by atoms with Crippen LogP contribution in [0, 0.1) is 6.92 Å². The van der Waals surface area contributed by atoms with E-state index in [4.69, 9.17) is 4.18 Å². The molecule has 3 rings (SSSR count). The third kappa shape index (κ3) is 3.67. The van der Waals surface area contributed by atoms with E-state index in [1.807, 2.05) is 0 Å². The van der Waals surface area contributed by atoms with E-state index < -0.39 is 26.8 Å². The molecule has 0 N–H and O–H groups in total. The lowest BCUT2D eigenvalue weighted by Crippen LogP contribution is -2.13. The third-order valence-electron chi connectivity index (χ3n) is 3.44. The Balaban J connectivity index is 1.94. The van der Waals surface area contributed by atoms with Crippen molar-refractivity contribution in [2.75, 3.05) is 0 Å². The molecule has 0 aliphatic carbocycles. The summed E-state index contributed by atoms with van der Waals surface area (Å²) in [6.45, 7) is 1.25. The molecule has 1 heterocycles. The monoisotopic (exact) mass is 384 g/mol. The number of alkyl halides is 3. The maximum Gasteiger partial charge on any atom is 0.416 e. The second-order valence-electron chi connectivity index (χ2n) is 5.26. The molecule has 0 aliphatic heterocycles. The smallest absolute Gasteiger partial charge is 0.379 e. The predicted molar refractivity (Wildman–Crippen MR) is 83.1 cm³/mol. The molecular formula is C15H11F3N4O3S. The summed E-state index contributed by atoms with van der Waals surface area (Å²) in [4.78, 5) is -0.594. The first-order valence-corrected chi connectivity index (χ1v) is 8.53. The van der Waals surface area contributed by atoms with E-state index in [1.165, 1.54) is 36.1 Å². The van der Waals surface area contributed by atoms with Gasteiger partial charge in [0.05, 0.1) is 11.3 Å². The number of benzene rings is 2. The Hall–Kier alpha value is -2.95. The molecule has 0 saturated carbocycles. The highest BCUT2D eigenvalue weighted by molar-refractivity contribution is 7.87. The van der Waals surface area contributed by atoms with Gasteiger partial charge in [-0.05, 0) is 47.2 Å². The molecule has 0 amide bonds. The second kappa shape index (κ2) is 6.41. The van der Waals surface area contributed by atoms with Gasteiger partial charge in [-0.1, -0.05) is 12.1 Å². The highest BCUT2D eigenvalue weighted by Crippen LogP contribution is 2.33. The van der Waals surface area contributed by atoms with Crippen molar-refractivity contribution >= 4 is 10.1 Å². The SMILES string of the molecule is Cc1ccc(S(=O)(=O)Oc2cccc(-n3cnnn3)c2)cc1C(F)(F)F. The Labute approximate surface area is 146 Å². The van der Waals surface area contributed by atoms with Gasteiger partial charge in [0.25, 0.3) is 0 Å². The fraction of sp³-hybridized carbons (Fsp3) is 0.133. The number of hydrogen-bond acceptors (Lipinski definition) is 6. The normalized spacial score (nSPS) is 12.2. The van der Waals surface area contributed by atoms with E-state index in [1.54, 1.807) is 6.07 Å². The number of rotatable bonds is 4. The summed E-state index contributed by atoms with van der Waals surface area (Å²) in [6, 6.07) is 8.48.